The van der Waals surface area contributed by atoms with Gasteiger partial charge in [-0.05, 0) is 36.2 Å². The molecule has 25 heavy (non-hydrogen) atoms. The Morgan fingerprint density at radius 2 is 1.64 bits per heavy atom. The predicted molar refractivity (Wildman–Crippen MR) is 96.9 cm³/mol. The molecule has 1 aromatic heterocycles. The van der Waals surface area contributed by atoms with Gasteiger partial charge in [-0.25, -0.2) is 0 Å². The maximum atomic E-state index is 11.9. The van der Waals surface area contributed by atoms with Crippen molar-refractivity contribution in [2.45, 2.75) is 45.4 Å². The Hall–Kier alpha value is -2.56. The molecule has 0 radical (unpaired) electrons. The van der Waals surface area contributed by atoms with Crippen molar-refractivity contribution in [1.82, 2.24) is 10.3 Å². The van der Waals surface area contributed by atoms with Crippen molar-refractivity contribution in [2.75, 3.05) is 6.61 Å². The summed E-state index contributed by atoms with van der Waals surface area (Å²) in [6.07, 6.45) is 9.01. The van der Waals surface area contributed by atoms with Crippen LogP contribution in [0.4, 0.5) is 0 Å². The second kappa shape index (κ2) is 8.01. The van der Waals surface area contributed by atoms with Crippen LogP contribution in [0.15, 0.2) is 30.5 Å². The third-order valence-electron chi connectivity index (χ3n) is 4.49. The summed E-state index contributed by atoms with van der Waals surface area (Å²) in [6, 6.07) is 7.60. The van der Waals surface area contributed by atoms with Crippen LogP contribution in [0.1, 0.15) is 66.2 Å². The van der Waals surface area contributed by atoms with Gasteiger partial charge in [0.15, 0.2) is 0 Å². The fraction of sp³-hybridized carbons (Fsp3) is 0.400. The van der Waals surface area contributed by atoms with Crippen molar-refractivity contribution in [3.63, 3.8) is 0 Å². The lowest BCUT2D eigenvalue weighted by Gasteiger charge is -2.07. The van der Waals surface area contributed by atoms with E-state index in [1.165, 1.54) is 32.1 Å². The van der Waals surface area contributed by atoms with Gasteiger partial charge in [0.1, 0.15) is 5.75 Å². The van der Waals surface area contributed by atoms with Crippen molar-refractivity contribution in [3.8, 4) is 17.0 Å². The molecule has 5 heteroatoms. The van der Waals surface area contributed by atoms with Crippen molar-refractivity contribution in [1.29, 1.82) is 0 Å². The van der Waals surface area contributed by atoms with E-state index in [-0.39, 0.29) is 11.8 Å². The first-order chi connectivity index (χ1) is 12.2. The second-order valence-corrected chi connectivity index (χ2v) is 6.38. The zero-order valence-corrected chi connectivity index (χ0v) is 14.6. The number of hydrogen-bond donors (Lipinski definition) is 2. The van der Waals surface area contributed by atoms with Crippen LogP contribution in [-0.2, 0) is 0 Å². The smallest absolute Gasteiger partial charge is 0.261 e. The van der Waals surface area contributed by atoms with Crippen LogP contribution in [-0.4, -0.2) is 23.4 Å². The molecular formula is C20H24N2O3. The van der Waals surface area contributed by atoms with E-state index in [0.717, 1.165) is 24.3 Å². The van der Waals surface area contributed by atoms with E-state index < -0.39 is 0 Å². The number of carbonyl (C=O) groups excluding carboxylic acids is 2. The molecule has 0 spiro atoms. The number of amides is 2. The van der Waals surface area contributed by atoms with Gasteiger partial charge in [0.25, 0.3) is 11.8 Å². The number of ether oxygens (including phenoxy) is 1. The molecule has 0 aliphatic carbocycles. The second-order valence-electron chi connectivity index (χ2n) is 6.38. The third kappa shape index (κ3) is 3.92. The number of hydrogen-bond acceptors (Lipinski definition) is 3. The normalized spacial score (nSPS) is 13.0. The highest BCUT2D eigenvalue weighted by Gasteiger charge is 2.31. The summed E-state index contributed by atoms with van der Waals surface area (Å²) < 4.78 is 5.77. The van der Waals surface area contributed by atoms with Crippen LogP contribution in [0, 0.1) is 0 Å². The highest BCUT2D eigenvalue weighted by molar-refractivity contribution is 6.24. The fourth-order valence-corrected chi connectivity index (χ4v) is 3.09. The van der Waals surface area contributed by atoms with Gasteiger partial charge in [0.05, 0.1) is 23.4 Å². The summed E-state index contributed by atoms with van der Waals surface area (Å²) in [4.78, 5) is 26.5. The lowest BCUT2D eigenvalue weighted by molar-refractivity contribution is 0.0879. The first-order valence-corrected chi connectivity index (χ1v) is 9.01. The molecular weight excluding hydrogens is 316 g/mol. The Balaban J connectivity index is 1.54. The minimum atomic E-state index is -0.348. The highest BCUT2D eigenvalue weighted by atomic mass is 16.5. The van der Waals surface area contributed by atoms with Crippen LogP contribution in [0.25, 0.3) is 11.3 Å². The van der Waals surface area contributed by atoms with Crippen LogP contribution in [0.2, 0.25) is 0 Å². The van der Waals surface area contributed by atoms with Gasteiger partial charge in [0.2, 0.25) is 0 Å². The lowest BCUT2D eigenvalue weighted by atomic mass is 10.1. The van der Waals surface area contributed by atoms with Gasteiger partial charge in [-0.15, -0.1) is 0 Å². The molecule has 0 saturated heterocycles. The van der Waals surface area contributed by atoms with Crippen molar-refractivity contribution >= 4 is 11.8 Å². The molecule has 2 N–H and O–H groups in total. The molecule has 2 aromatic rings. The van der Waals surface area contributed by atoms with E-state index in [1.807, 2.05) is 24.3 Å². The molecule has 1 aromatic carbocycles. The Labute approximate surface area is 147 Å². The third-order valence-corrected chi connectivity index (χ3v) is 4.49. The number of unbranched alkanes of at least 4 members (excludes halogenated alkanes) is 5. The number of imide groups is 1. The molecule has 0 fully saturated rings. The minimum absolute atomic E-state index is 0.346. The Kier molecular flexibility index (Phi) is 5.53. The molecule has 3 rings (SSSR count). The SMILES string of the molecule is CCCCCCCCOc1ccc(-c2[nH]cc3c2C(=O)NC3=O)cc1. The van der Waals surface area contributed by atoms with E-state index >= 15 is 0 Å². The number of benzene rings is 1. The number of aromatic nitrogens is 1. The van der Waals surface area contributed by atoms with Gasteiger partial charge in [-0.3, -0.25) is 14.9 Å². The van der Waals surface area contributed by atoms with E-state index in [1.54, 1.807) is 6.20 Å². The van der Waals surface area contributed by atoms with Crippen LogP contribution in [0.5, 0.6) is 5.75 Å². The van der Waals surface area contributed by atoms with Gasteiger partial charge >= 0.3 is 0 Å². The molecule has 2 heterocycles. The highest BCUT2D eigenvalue weighted by Crippen LogP contribution is 2.29. The molecule has 5 nitrogen and oxygen atoms in total. The number of nitrogens with one attached hydrogen (secondary N) is 2. The summed E-state index contributed by atoms with van der Waals surface area (Å²) in [5, 5.41) is 2.31. The number of aromatic amines is 1. The molecule has 0 unspecified atom stereocenters. The van der Waals surface area contributed by atoms with E-state index in [4.69, 9.17) is 4.74 Å². The molecule has 132 valence electrons. The van der Waals surface area contributed by atoms with Crippen molar-refractivity contribution < 1.29 is 14.3 Å². The average molecular weight is 340 g/mol. The van der Waals surface area contributed by atoms with Crippen LogP contribution >= 0.6 is 0 Å². The van der Waals surface area contributed by atoms with Crippen molar-refractivity contribution in [3.05, 3.63) is 41.6 Å². The van der Waals surface area contributed by atoms with E-state index in [9.17, 15) is 9.59 Å². The topological polar surface area (TPSA) is 71.2 Å². The monoisotopic (exact) mass is 340 g/mol. The maximum Gasteiger partial charge on any atom is 0.261 e. The fourth-order valence-electron chi connectivity index (χ4n) is 3.09. The molecule has 0 bridgehead atoms. The van der Waals surface area contributed by atoms with E-state index in [2.05, 4.69) is 17.2 Å². The molecule has 1 aliphatic rings. The van der Waals surface area contributed by atoms with Gasteiger partial charge < -0.3 is 9.72 Å². The summed E-state index contributed by atoms with van der Waals surface area (Å²) in [7, 11) is 0. The van der Waals surface area contributed by atoms with E-state index in [0.29, 0.717) is 16.8 Å². The largest absolute Gasteiger partial charge is 0.494 e. The number of fused-ring (bicyclic) bond motifs is 1. The average Bonchev–Trinajstić information content (AvgIpc) is 3.17. The Bertz CT molecular complexity index is 747. The minimum Gasteiger partial charge on any atom is -0.494 e. The standard InChI is InChI=1S/C20H24N2O3/c1-2-3-4-5-6-7-12-25-15-10-8-14(9-11-15)18-17-16(13-21-18)19(23)22-20(17)24/h8-11,13,21H,2-7,12H2,1H3,(H,22,23,24). The van der Waals surface area contributed by atoms with Gasteiger partial charge in [-0.2, -0.15) is 0 Å². The molecule has 1 aliphatic heterocycles. The predicted octanol–water partition coefficient (Wildman–Crippen LogP) is 4.30. The summed E-state index contributed by atoms with van der Waals surface area (Å²) in [5.41, 5.74) is 2.35. The number of rotatable bonds is 9. The Morgan fingerprint density at radius 1 is 0.920 bits per heavy atom. The first kappa shape index (κ1) is 17.3. The summed E-state index contributed by atoms with van der Waals surface area (Å²) >= 11 is 0. The number of carbonyl (C=O) groups is 2. The number of H-pyrrole nitrogens is 1. The van der Waals surface area contributed by atoms with Crippen LogP contribution < -0.4 is 10.1 Å². The van der Waals surface area contributed by atoms with Crippen molar-refractivity contribution in [2.24, 2.45) is 0 Å². The zero-order valence-electron chi connectivity index (χ0n) is 14.6. The van der Waals surface area contributed by atoms with Gasteiger partial charge in [0, 0.05) is 6.20 Å². The molecule has 0 atom stereocenters. The Morgan fingerprint density at radius 3 is 2.40 bits per heavy atom. The quantitative estimate of drug-likeness (QED) is 0.528. The maximum absolute atomic E-state index is 11.9. The molecule has 0 saturated carbocycles. The van der Waals surface area contributed by atoms with Crippen LogP contribution in [0.3, 0.4) is 0 Å². The lowest BCUT2D eigenvalue weighted by Crippen LogP contribution is -2.20. The summed E-state index contributed by atoms with van der Waals surface area (Å²) in [5.74, 6) is 0.127. The first-order valence-electron chi connectivity index (χ1n) is 9.01. The molecule has 2 amide bonds. The van der Waals surface area contributed by atoms with Gasteiger partial charge in [-0.1, -0.05) is 39.0 Å². The summed E-state index contributed by atoms with van der Waals surface area (Å²) in [6.45, 7) is 2.94. The zero-order chi connectivity index (χ0) is 17.6.